The number of carbonyl (C=O) groups excluding carboxylic acids is 6. The van der Waals surface area contributed by atoms with E-state index in [0.717, 1.165) is 55.0 Å². The first-order valence-electron chi connectivity index (χ1n) is 35.9. The largest absolute Gasteiger partial charge is 0.507 e. The number of fused-ring (bicyclic) bond motifs is 6. The number of aromatic nitrogens is 3. The molecule has 0 saturated carbocycles. The number of amides is 3. The number of hydrogen-bond acceptors (Lipinski definition) is 22. The van der Waals surface area contributed by atoms with Gasteiger partial charge in [-0.25, -0.2) is 28.1 Å². The van der Waals surface area contributed by atoms with E-state index in [9.17, 15) is 57.3 Å². The Morgan fingerprint density at radius 3 is 0.887 bits per heavy atom. The maximum Gasteiger partial charge on any atom is 0.301 e. The van der Waals surface area contributed by atoms with Gasteiger partial charge in [0.2, 0.25) is 0 Å². The van der Waals surface area contributed by atoms with E-state index in [2.05, 4.69) is 15.0 Å². The van der Waals surface area contributed by atoms with Gasteiger partial charge in [0.25, 0.3) is 23.3 Å². The van der Waals surface area contributed by atoms with Crippen LogP contribution in [0, 0.1) is 17.5 Å². The highest BCUT2D eigenvalue weighted by Gasteiger charge is 2.51. The molecule has 0 spiro atoms. The number of methoxy groups -OCH3 is 3. The van der Waals surface area contributed by atoms with Gasteiger partial charge in [0.15, 0.2) is 15.4 Å². The molecule has 6 unspecified atom stereocenters. The molecule has 12 aromatic rings. The van der Waals surface area contributed by atoms with Gasteiger partial charge in [-0.2, -0.15) is 0 Å². The van der Waals surface area contributed by atoms with Gasteiger partial charge in [0.1, 0.15) is 87.5 Å². The fourth-order valence-electron chi connectivity index (χ4n) is 14.5. The number of benzene rings is 9. The number of aliphatic hydroxyl groups is 3. The van der Waals surface area contributed by atoms with Crippen LogP contribution in [0.4, 0.5) is 28.6 Å². The number of Topliss-reactive ketones (excluding diaryl/α,β-unsaturated/α-hetero) is 3. The van der Waals surface area contributed by atoms with Crippen LogP contribution in [0.2, 0.25) is 0 Å². The maximum absolute atomic E-state index is 13.8. The van der Waals surface area contributed by atoms with Crippen molar-refractivity contribution in [2.45, 2.75) is 83.4 Å². The number of carbonyl (C=O) groups is 7. The van der Waals surface area contributed by atoms with Gasteiger partial charge in [-0.15, -0.1) is 0 Å². The number of anilines is 3. The predicted molar refractivity (Wildman–Crippen MR) is 426 cm³/mol. The summed E-state index contributed by atoms with van der Waals surface area (Å²) in [5.41, 5.74) is 6.97. The number of aliphatic hydroxyl groups excluding tert-OH is 3. The van der Waals surface area contributed by atoms with Gasteiger partial charge < -0.3 is 48.8 Å². The molecule has 9 aromatic carbocycles. The summed E-state index contributed by atoms with van der Waals surface area (Å²) in [5.74, 6) is -4.02. The van der Waals surface area contributed by atoms with Crippen LogP contribution in [0.15, 0.2) is 199 Å². The number of ketones is 3. The van der Waals surface area contributed by atoms with Crippen LogP contribution in [-0.2, 0) is 52.8 Å². The molecule has 3 fully saturated rings. The number of aliphatic carboxylic acids is 1. The summed E-state index contributed by atoms with van der Waals surface area (Å²) >= 11 is 3.67. The molecule has 0 radical (unpaired) electrons. The van der Waals surface area contributed by atoms with Crippen LogP contribution in [0.5, 0.6) is 34.5 Å². The lowest BCUT2D eigenvalue weighted by molar-refractivity contribution is -0.134. The van der Waals surface area contributed by atoms with Gasteiger partial charge >= 0.3 is 17.7 Å². The van der Waals surface area contributed by atoms with Crippen molar-refractivity contribution in [1.29, 1.82) is 0 Å². The molecular formula is C86H67F3N6O17S3. The molecule has 115 heavy (non-hydrogen) atoms. The highest BCUT2D eigenvalue weighted by molar-refractivity contribution is 7.23. The number of thiazole rings is 3. The van der Waals surface area contributed by atoms with Crippen molar-refractivity contribution in [3.63, 3.8) is 0 Å². The van der Waals surface area contributed by atoms with Crippen LogP contribution in [-0.4, -0.2) is 116 Å². The Labute approximate surface area is 665 Å². The summed E-state index contributed by atoms with van der Waals surface area (Å²) < 4.78 is 76.8. The molecule has 3 saturated heterocycles. The smallest absolute Gasteiger partial charge is 0.301 e. The molecule has 6 aliphatic rings. The van der Waals surface area contributed by atoms with Crippen molar-refractivity contribution in [2.75, 3.05) is 36.0 Å². The van der Waals surface area contributed by atoms with E-state index in [-0.39, 0.29) is 67.7 Å². The molecule has 6 atom stereocenters. The molecule has 0 aliphatic carbocycles. The lowest BCUT2D eigenvalue weighted by atomic mass is 9.94. The Morgan fingerprint density at radius 1 is 0.391 bits per heavy atom. The summed E-state index contributed by atoms with van der Waals surface area (Å²) in [6, 6.07) is 45.1. The summed E-state index contributed by atoms with van der Waals surface area (Å²) in [7, 11) is 4.67. The van der Waals surface area contributed by atoms with Crippen LogP contribution < -0.4 is 43.1 Å². The van der Waals surface area contributed by atoms with Crippen molar-refractivity contribution < 1.29 is 95.6 Å². The second kappa shape index (κ2) is 31.4. The van der Waals surface area contributed by atoms with Gasteiger partial charge in [-0.1, -0.05) is 70.4 Å². The third kappa shape index (κ3) is 14.9. The monoisotopic (exact) mass is 1610 g/mol. The molecule has 6 aliphatic heterocycles. The zero-order chi connectivity index (χ0) is 81.1. The topological polar surface area (TPSA) is 304 Å². The predicted octanol–water partition coefficient (Wildman–Crippen LogP) is 16.3. The average Bonchev–Trinajstić information content (AvgIpc) is 1.60. The Balaban J connectivity index is 0.000000132. The molecule has 582 valence electrons. The average molecular weight is 1610 g/mol. The zero-order valence-electron chi connectivity index (χ0n) is 62.0. The molecule has 29 heteroatoms. The number of carboxylic acid groups (broad SMARTS) is 1. The third-order valence-corrected chi connectivity index (χ3v) is 22.8. The van der Waals surface area contributed by atoms with Gasteiger partial charge in [-0.3, -0.25) is 48.3 Å². The first kappa shape index (κ1) is 77.1. The second-order valence-electron chi connectivity index (χ2n) is 27.5. The molecular weight excluding hydrogens is 1540 g/mol. The SMILES string of the molecule is CC(=O)O.COc1ccc2nc(N3C(=O)C(=O)/C(=C(/O)c4ccc5c(c4)CC(C)O5)C3c3ccc(F)cc3)sc2c1.COc1ccc2nc(N3C(=O)C(=O)/C(=C(/O)c4ccc5c(c4)CC(C)O5)C3c3ccc(F)cc3)sc2c1.COc1ccc2nc(N3C(=O)C(=O)/C(=C(/O)c4ccc5c(c4)CC(C)O5)C3c3ccc(F)cc3)sc2c1. The second-order valence-corrected chi connectivity index (χ2v) is 30.6. The van der Waals surface area contributed by atoms with Crippen LogP contribution in [0.3, 0.4) is 0 Å². The van der Waals surface area contributed by atoms with Crippen molar-refractivity contribution in [1.82, 2.24) is 15.0 Å². The Morgan fingerprint density at radius 2 is 0.643 bits per heavy atom. The standard InChI is InChI=1S/3C28H21FN2O5S.C2H4O2/c3*1-14-11-17-12-16(5-10-21(17)36-14)25(32)23-24(15-3-6-18(29)7-4-15)31(27(34)26(23)33)28-30-20-9-8-19(35-2)13-22(20)37-28;1-2(3)4/h3*3-10,12-14,24,32H,11H2,1-2H3;1H3,(H,3,4)/b3*25-23+;. The Kier molecular flexibility index (Phi) is 21.0. The minimum atomic E-state index is -0.994. The number of rotatable bonds is 12. The molecule has 18 rings (SSSR count). The van der Waals surface area contributed by atoms with Crippen molar-refractivity contribution in [3.05, 3.63) is 266 Å². The maximum atomic E-state index is 13.8. The van der Waals surface area contributed by atoms with E-state index in [1.54, 1.807) is 131 Å². The minimum Gasteiger partial charge on any atom is -0.507 e. The van der Waals surface area contributed by atoms with Crippen molar-refractivity contribution >= 4 is 138 Å². The van der Waals surface area contributed by atoms with E-state index in [1.165, 1.54) is 122 Å². The fourth-order valence-corrected chi connectivity index (χ4v) is 17.6. The van der Waals surface area contributed by atoms with E-state index in [1.807, 2.05) is 20.8 Å². The first-order chi connectivity index (χ1) is 55.2. The van der Waals surface area contributed by atoms with E-state index >= 15 is 0 Å². The molecule has 4 N–H and O–H groups in total. The van der Waals surface area contributed by atoms with Crippen LogP contribution in [0.1, 0.15) is 95.9 Å². The lowest BCUT2D eigenvalue weighted by Crippen LogP contribution is -2.29. The summed E-state index contributed by atoms with van der Waals surface area (Å²) in [5, 5.41) is 42.5. The Hall–Kier alpha value is -13.3. The van der Waals surface area contributed by atoms with Gasteiger partial charge in [0, 0.05) is 42.9 Å². The summed E-state index contributed by atoms with van der Waals surface area (Å²) in [6.07, 6.45) is 2.03. The van der Waals surface area contributed by atoms with Crippen LogP contribution in [0.25, 0.3) is 47.9 Å². The number of carboxylic acids is 1. The molecule has 3 amide bonds. The minimum absolute atomic E-state index is 0.00912. The molecule has 0 bridgehead atoms. The molecule has 3 aromatic heterocycles. The van der Waals surface area contributed by atoms with Gasteiger partial charge in [-0.05, 0) is 200 Å². The Bertz CT molecular complexity index is 5520. The number of hydrogen-bond donors (Lipinski definition) is 4. The first-order valence-corrected chi connectivity index (χ1v) is 38.3. The summed E-state index contributed by atoms with van der Waals surface area (Å²) in [4.78, 5) is 107. The molecule has 23 nitrogen and oxygen atoms in total. The quantitative estimate of drug-likeness (QED) is 0.0502. The highest BCUT2D eigenvalue weighted by atomic mass is 32.1. The normalized spacial score (nSPS) is 19.9. The third-order valence-electron chi connectivity index (χ3n) is 19.8. The molecule has 9 heterocycles. The van der Waals surface area contributed by atoms with E-state index in [4.69, 9.17) is 38.3 Å². The van der Waals surface area contributed by atoms with Crippen LogP contribution >= 0.6 is 34.0 Å². The van der Waals surface area contributed by atoms with Crippen molar-refractivity contribution in [2.24, 2.45) is 0 Å². The summed E-state index contributed by atoms with van der Waals surface area (Å²) in [6.45, 7) is 6.94. The van der Waals surface area contributed by atoms with Gasteiger partial charge in [0.05, 0.1) is 86.8 Å². The number of halogens is 3. The van der Waals surface area contributed by atoms with E-state index in [0.29, 0.717) is 86.4 Å². The van der Waals surface area contributed by atoms with E-state index < -0.39 is 76.6 Å². The van der Waals surface area contributed by atoms with Crippen molar-refractivity contribution in [3.8, 4) is 34.5 Å². The fraction of sp³-hybridized carbons (Fsp3) is 0.186. The zero-order valence-corrected chi connectivity index (χ0v) is 64.5. The highest BCUT2D eigenvalue weighted by Crippen LogP contribution is 2.50. The lowest BCUT2D eigenvalue weighted by Gasteiger charge is -2.23. The number of ether oxygens (including phenoxy) is 6. The number of nitrogens with zero attached hydrogens (tertiary/aromatic N) is 6.